The second-order valence-corrected chi connectivity index (χ2v) is 4.80. The van der Waals surface area contributed by atoms with Crippen LogP contribution in [0.5, 0.6) is 0 Å². The quantitative estimate of drug-likeness (QED) is 0.775. The number of carbonyl (C=O) groups is 1. The summed E-state index contributed by atoms with van der Waals surface area (Å²) in [4.78, 5) is 14.4. The van der Waals surface area contributed by atoms with Crippen LogP contribution < -0.4 is 5.73 Å². The molecule has 1 aromatic carbocycles. The molecule has 4 heteroatoms. The van der Waals surface area contributed by atoms with Crippen molar-refractivity contribution in [2.24, 2.45) is 5.73 Å². The Hall–Kier alpha value is -1.81. The van der Waals surface area contributed by atoms with Crippen molar-refractivity contribution in [1.82, 2.24) is 4.98 Å². The van der Waals surface area contributed by atoms with E-state index < -0.39 is 5.97 Å². The fraction of sp³-hybridized carbons (Fsp3) is 0.357. The van der Waals surface area contributed by atoms with Gasteiger partial charge in [-0.2, -0.15) is 0 Å². The molecule has 0 unspecified atom stereocenters. The van der Waals surface area contributed by atoms with Gasteiger partial charge in [-0.15, -0.1) is 0 Å². The Bertz CT molecular complexity index is 585. The van der Waals surface area contributed by atoms with E-state index in [0.29, 0.717) is 12.1 Å². The highest BCUT2D eigenvalue weighted by molar-refractivity contribution is 5.96. The zero-order valence-corrected chi connectivity index (χ0v) is 10.7. The molecule has 0 aliphatic heterocycles. The van der Waals surface area contributed by atoms with Crippen LogP contribution in [0.4, 0.5) is 0 Å². The number of nitrogens with one attached hydrogen (secondary N) is 1. The molecule has 0 saturated heterocycles. The third kappa shape index (κ3) is 2.11. The lowest BCUT2D eigenvalue weighted by atomic mass is 9.96. The Morgan fingerprint density at radius 1 is 1.44 bits per heavy atom. The number of aromatic amines is 1. The Kier molecular flexibility index (Phi) is 3.39. The van der Waals surface area contributed by atoms with Crippen molar-refractivity contribution in [3.05, 3.63) is 35.0 Å². The van der Waals surface area contributed by atoms with Gasteiger partial charge in [-0.1, -0.05) is 13.8 Å². The number of aromatic carboxylic acids is 1. The topological polar surface area (TPSA) is 79.1 Å². The molecule has 1 aromatic heterocycles. The highest BCUT2D eigenvalue weighted by atomic mass is 16.4. The summed E-state index contributed by atoms with van der Waals surface area (Å²) in [5, 5.41) is 10.1. The van der Waals surface area contributed by atoms with Crippen molar-refractivity contribution in [1.29, 1.82) is 0 Å². The van der Waals surface area contributed by atoms with E-state index in [4.69, 9.17) is 5.73 Å². The summed E-state index contributed by atoms with van der Waals surface area (Å²) >= 11 is 0. The monoisotopic (exact) mass is 246 g/mol. The Morgan fingerprint density at radius 3 is 2.72 bits per heavy atom. The number of carboxylic acid groups (broad SMARTS) is 1. The van der Waals surface area contributed by atoms with Gasteiger partial charge in [0, 0.05) is 17.1 Å². The summed E-state index contributed by atoms with van der Waals surface area (Å²) in [6.07, 6.45) is 2.68. The van der Waals surface area contributed by atoms with Gasteiger partial charge in [-0.05, 0) is 42.1 Å². The molecular formula is C14H18N2O2. The minimum atomic E-state index is -0.890. The normalized spacial score (nSPS) is 11.3. The molecule has 0 spiro atoms. The number of aromatic nitrogens is 1. The molecule has 96 valence electrons. The molecule has 0 aliphatic carbocycles. The van der Waals surface area contributed by atoms with Crippen LogP contribution in [-0.4, -0.2) is 22.6 Å². The SMILES string of the molecule is CC(C)c1cc(C(=O)O)cc2c(CCN)c[nH]c12. The second kappa shape index (κ2) is 4.82. The van der Waals surface area contributed by atoms with Crippen molar-refractivity contribution < 1.29 is 9.90 Å². The van der Waals surface area contributed by atoms with Crippen molar-refractivity contribution in [3.8, 4) is 0 Å². The highest BCUT2D eigenvalue weighted by Crippen LogP contribution is 2.29. The Balaban J connectivity index is 2.71. The van der Waals surface area contributed by atoms with Crippen molar-refractivity contribution in [2.75, 3.05) is 6.54 Å². The molecule has 0 fully saturated rings. The number of benzene rings is 1. The number of hydrogen-bond donors (Lipinski definition) is 3. The van der Waals surface area contributed by atoms with Gasteiger partial charge in [0.2, 0.25) is 0 Å². The lowest BCUT2D eigenvalue weighted by Gasteiger charge is -2.09. The maximum absolute atomic E-state index is 11.2. The predicted octanol–water partition coefficient (Wildman–Crippen LogP) is 2.49. The summed E-state index contributed by atoms with van der Waals surface area (Å²) in [6, 6.07) is 3.48. The zero-order valence-electron chi connectivity index (χ0n) is 10.7. The predicted molar refractivity (Wildman–Crippen MR) is 72.1 cm³/mol. The molecule has 0 bridgehead atoms. The van der Waals surface area contributed by atoms with Crippen molar-refractivity contribution in [3.63, 3.8) is 0 Å². The van der Waals surface area contributed by atoms with Gasteiger partial charge in [-0.25, -0.2) is 4.79 Å². The van der Waals surface area contributed by atoms with E-state index in [0.717, 1.165) is 28.5 Å². The lowest BCUT2D eigenvalue weighted by molar-refractivity contribution is 0.0697. The first-order chi connectivity index (χ1) is 8.54. The summed E-state index contributed by atoms with van der Waals surface area (Å²) in [7, 11) is 0. The molecule has 0 saturated carbocycles. The summed E-state index contributed by atoms with van der Waals surface area (Å²) in [5.74, 6) is -0.616. The van der Waals surface area contributed by atoms with E-state index in [1.165, 1.54) is 0 Å². The van der Waals surface area contributed by atoms with E-state index >= 15 is 0 Å². The minimum absolute atomic E-state index is 0.274. The molecule has 4 N–H and O–H groups in total. The molecule has 18 heavy (non-hydrogen) atoms. The number of rotatable bonds is 4. The third-order valence-corrected chi connectivity index (χ3v) is 3.19. The molecule has 2 rings (SSSR count). The fourth-order valence-electron chi connectivity index (χ4n) is 2.26. The zero-order chi connectivity index (χ0) is 13.3. The summed E-state index contributed by atoms with van der Waals surface area (Å²) in [6.45, 7) is 4.68. The molecule has 0 atom stereocenters. The van der Waals surface area contributed by atoms with Crippen LogP contribution in [-0.2, 0) is 6.42 Å². The smallest absolute Gasteiger partial charge is 0.335 e. The van der Waals surface area contributed by atoms with Crippen LogP contribution >= 0.6 is 0 Å². The largest absolute Gasteiger partial charge is 0.478 e. The van der Waals surface area contributed by atoms with Crippen LogP contribution in [0.3, 0.4) is 0 Å². The maximum Gasteiger partial charge on any atom is 0.335 e. The average Bonchev–Trinajstić information content (AvgIpc) is 2.71. The van der Waals surface area contributed by atoms with Crippen molar-refractivity contribution >= 4 is 16.9 Å². The number of carboxylic acids is 1. The Morgan fingerprint density at radius 2 is 2.17 bits per heavy atom. The first-order valence-electron chi connectivity index (χ1n) is 6.11. The van der Waals surface area contributed by atoms with E-state index in [1.54, 1.807) is 12.1 Å². The van der Waals surface area contributed by atoms with Crippen LogP contribution in [0.1, 0.15) is 41.3 Å². The van der Waals surface area contributed by atoms with Gasteiger partial charge in [0.05, 0.1) is 5.56 Å². The Labute approximate surface area is 106 Å². The summed E-state index contributed by atoms with van der Waals surface area (Å²) < 4.78 is 0. The first kappa shape index (κ1) is 12.6. The average molecular weight is 246 g/mol. The minimum Gasteiger partial charge on any atom is -0.478 e. The van der Waals surface area contributed by atoms with Crippen molar-refractivity contribution in [2.45, 2.75) is 26.2 Å². The van der Waals surface area contributed by atoms with Gasteiger partial charge >= 0.3 is 5.97 Å². The molecule has 0 aliphatic rings. The van der Waals surface area contributed by atoms with E-state index in [-0.39, 0.29) is 5.92 Å². The van der Waals surface area contributed by atoms with Gasteiger partial charge in [-0.3, -0.25) is 0 Å². The van der Waals surface area contributed by atoms with Gasteiger partial charge < -0.3 is 15.8 Å². The van der Waals surface area contributed by atoms with Crippen LogP contribution in [0.25, 0.3) is 10.9 Å². The second-order valence-electron chi connectivity index (χ2n) is 4.80. The van der Waals surface area contributed by atoms with E-state index in [9.17, 15) is 9.90 Å². The fourth-order valence-corrected chi connectivity index (χ4v) is 2.26. The number of nitrogens with two attached hydrogens (primary N) is 1. The third-order valence-electron chi connectivity index (χ3n) is 3.19. The molecule has 0 amide bonds. The maximum atomic E-state index is 11.2. The van der Waals surface area contributed by atoms with Gasteiger partial charge in [0.15, 0.2) is 0 Å². The van der Waals surface area contributed by atoms with Crippen LogP contribution in [0.15, 0.2) is 18.3 Å². The van der Waals surface area contributed by atoms with Crippen LogP contribution in [0.2, 0.25) is 0 Å². The lowest BCUT2D eigenvalue weighted by Crippen LogP contribution is -2.03. The van der Waals surface area contributed by atoms with E-state index in [2.05, 4.69) is 18.8 Å². The molecule has 4 nitrogen and oxygen atoms in total. The van der Waals surface area contributed by atoms with E-state index in [1.807, 2.05) is 6.20 Å². The van der Waals surface area contributed by atoms with Crippen LogP contribution in [0, 0.1) is 0 Å². The molecule has 2 aromatic rings. The van der Waals surface area contributed by atoms with Gasteiger partial charge in [0.1, 0.15) is 0 Å². The number of H-pyrrole nitrogens is 1. The molecule has 1 heterocycles. The highest BCUT2D eigenvalue weighted by Gasteiger charge is 2.14. The number of fused-ring (bicyclic) bond motifs is 1. The number of hydrogen-bond acceptors (Lipinski definition) is 2. The van der Waals surface area contributed by atoms with Gasteiger partial charge in [0.25, 0.3) is 0 Å². The molecule has 0 radical (unpaired) electrons. The molecular weight excluding hydrogens is 228 g/mol. The first-order valence-corrected chi connectivity index (χ1v) is 6.11. The standard InChI is InChI=1S/C14H18N2O2/c1-8(2)11-5-10(14(17)18)6-12-9(3-4-15)7-16-13(11)12/h5-8,16H,3-4,15H2,1-2H3,(H,17,18). The summed E-state index contributed by atoms with van der Waals surface area (Å²) in [5.41, 5.74) is 9.06.